The summed E-state index contributed by atoms with van der Waals surface area (Å²) in [6.07, 6.45) is 0. The van der Waals surface area contributed by atoms with Crippen molar-refractivity contribution in [2.45, 2.75) is 4.90 Å². The number of nitrogens with two attached hydrogens (primary N) is 1. The minimum atomic E-state index is -4.42. The topological polar surface area (TPSA) is 166 Å². The van der Waals surface area contributed by atoms with Crippen LogP contribution in [-0.2, 0) is 10.0 Å². The van der Waals surface area contributed by atoms with Crippen LogP contribution in [0.25, 0.3) is 0 Å². The van der Waals surface area contributed by atoms with Gasteiger partial charge < -0.3 is 5.43 Å². The van der Waals surface area contributed by atoms with E-state index in [-0.39, 0.29) is 5.13 Å². The molecule has 11 nitrogen and oxygen atoms in total. The van der Waals surface area contributed by atoms with E-state index in [0.29, 0.717) is 17.6 Å². The van der Waals surface area contributed by atoms with Crippen molar-refractivity contribution in [3.8, 4) is 0 Å². The number of non-ortho nitro benzene ring substituents is 1. The van der Waals surface area contributed by atoms with Gasteiger partial charge in [-0.25, -0.2) is 12.8 Å². The van der Waals surface area contributed by atoms with Gasteiger partial charge in [-0.3, -0.25) is 20.7 Å². The standard InChI is InChI=1S/C7H6FN7O4S2/c8-4-1-3(15(16)17)2-5(10-9)6(4)21(18,19)12-7-11-13-14-20-7/h1-2,10H,9H2,(H,11,12,14). The van der Waals surface area contributed by atoms with E-state index < -0.39 is 37.0 Å². The molecule has 2 aromatic rings. The molecule has 0 fully saturated rings. The third-order valence-corrected chi connectivity index (χ3v) is 4.24. The maximum atomic E-state index is 13.9. The van der Waals surface area contributed by atoms with E-state index in [2.05, 4.69) is 14.8 Å². The number of nitrogens with zero attached hydrogens (tertiary/aromatic N) is 4. The van der Waals surface area contributed by atoms with Crippen molar-refractivity contribution in [3.05, 3.63) is 28.1 Å². The van der Waals surface area contributed by atoms with E-state index in [9.17, 15) is 22.9 Å². The highest BCUT2D eigenvalue weighted by Gasteiger charge is 2.27. The zero-order valence-electron chi connectivity index (χ0n) is 9.85. The van der Waals surface area contributed by atoms with Gasteiger partial charge in [0.25, 0.3) is 15.7 Å². The molecule has 0 bridgehead atoms. The molecule has 0 radical (unpaired) electrons. The average Bonchev–Trinajstić information content (AvgIpc) is 2.89. The van der Waals surface area contributed by atoms with Crippen molar-refractivity contribution in [2.75, 3.05) is 10.1 Å². The number of nitrogens with one attached hydrogen (secondary N) is 2. The Morgan fingerprint density at radius 2 is 2.14 bits per heavy atom. The molecule has 0 saturated heterocycles. The van der Waals surface area contributed by atoms with Crippen LogP contribution >= 0.6 is 11.5 Å². The predicted molar refractivity (Wildman–Crippen MR) is 69.4 cm³/mol. The molecule has 1 aromatic carbocycles. The van der Waals surface area contributed by atoms with Crippen molar-refractivity contribution in [1.82, 2.24) is 14.8 Å². The SMILES string of the molecule is NNc1cc([N+](=O)[O-])cc(F)c1S(=O)(=O)Nc1nnns1. The van der Waals surface area contributed by atoms with Gasteiger partial charge in [0, 0.05) is 17.6 Å². The number of hydrogen-bond donors (Lipinski definition) is 3. The second-order valence-electron chi connectivity index (χ2n) is 3.48. The van der Waals surface area contributed by atoms with Crippen molar-refractivity contribution >= 4 is 38.1 Å². The summed E-state index contributed by atoms with van der Waals surface area (Å²) in [6, 6.07) is 1.25. The van der Waals surface area contributed by atoms with Crippen LogP contribution in [0.1, 0.15) is 0 Å². The summed E-state index contributed by atoms with van der Waals surface area (Å²) in [7, 11) is -4.42. The Balaban J connectivity index is 2.54. The third-order valence-electron chi connectivity index (χ3n) is 2.18. The van der Waals surface area contributed by atoms with E-state index in [0.717, 1.165) is 6.07 Å². The molecule has 0 saturated carbocycles. The Morgan fingerprint density at radius 1 is 1.43 bits per heavy atom. The van der Waals surface area contributed by atoms with Gasteiger partial charge in [0.2, 0.25) is 5.13 Å². The van der Waals surface area contributed by atoms with Gasteiger partial charge in [0.05, 0.1) is 16.7 Å². The van der Waals surface area contributed by atoms with Crippen molar-refractivity contribution in [3.63, 3.8) is 0 Å². The zero-order chi connectivity index (χ0) is 15.6. The van der Waals surface area contributed by atoms with Crippen LogP contribution in [0.4, 0.5) is 20.9 Å². The van der Waals surface area contributed by atoms with Gasteiger partial charge in [-0.2, -0.15) is 0 Å². The quantitative estimate of drug-likeness (QED) is 0.389. The van der Waals surface area contributed by atoms with Crippen molar-refractivity contribution < 1.29 is 17.7 Å². The molecular formula is C7H6FN7O4S2. The first kappa shape index (κ1) is 14.9. The molecule has 4 N–H and O–H groups in total. The number of benzene rings is 1. The molecule has 0 aliphatic carbocycles. The lowest BCUT2D eigenvalue weighted by Gasteiger charge is -2.10. The van der Waals surface area contributed by atoms with E-state index >= 15 is 0 Å². The lowest BCUT2D eigenvalue weighted by molar-refractivity contribution is -0.385. The average molecular weight is 335 g/mol. The van der Waals surface area contributed by atoms with Crippen LogP contribution in [0.3, 0.4) is 0 Å². The fourth-order valence-electron chi connectivity index (χ4n) is 1.40. The van der Waals surface area contributed by atoms with Gasteiger partial charge >= 0.3 is 0 Å². The molecular weight excluding hydrogens is 329 g/mol. The molecule has 14 heteroatoms. The summed E-state index contributed by atoms with van der Waals surface area (Å²) in [5, 5.41) is 16.9. The highest BCUT2D eigenvalue weighted by Crippen LogP contribution is 2.30. The van der Waals surface area contributed by atoms with Crippen LogP contribution in [-0.4, -0.2) is 28.1 Å². The van der Waals surface area contributed by atoms with Gasteiger partial charge in [0.15, 0.2) is 5.82 Å². The zero-order valence-corrected chi connectivity index (χ0v) is 11.5. The maximum Gasteiger partial charge on any atom is 0.274 e. The number of nitro groups is 1. The number of halogens is 1. The van der Waals surface area contributed by atoms with Crippen LogP contribution in [0.5, 0.6) is 0 Å². The van der Waals surface area contributed by atoms with E-state index in [4.69, 9.17) is 5.84 Å². The molecule has 1 aromatic heterocycles. The van der Waals surface area contributed by atoms with E-state index in [1.807, 2.05) is 10.1 Å². The summed E-state index contributed by atoms with van der Waals surface area (Å²) in [5.41, 5.74) is 0.770. The lowest BCUT2D eigenvalue weighted by Crippen LogP contribution is -2.19. The van der Waals surface area contributed by atoms with Crippen molar-refractivity contribution in [2.24, 2.45) is 5.84 Å². The van der Waals surface area contributed by atoms with Crippen molar-refractivity contribution in [1.29, 1.82) is 0 Å². The van der Waals surface area contributed by atoms with Crippen LogP contribution in [0, 0.1) is 15.9 Å². The van der Waals surface area contributed by atoms with Gasteiger partial charge in [-0.1, -0.05) is 9.59 Å². The van der Waals surface area contributed by atoms with E-state index in [1.54, 1.807) is 0 Å². The lowest BCUT2D eigenvalue weighted by atomic mass is 10.3. The molecule has 0 aliphatic heterocycles. The number of rotatable bonds is 5. The Morgan fingerprint density at radius 3 is 2.67 bits per heavy atom. The molecule has 0 unspecified atom stereocenters. The molecule has 0 amide bonds. The number of hydrogen-bond acceptors (Lipinski definition) is 10. The summed E-state index contributed by atoms with van der Waals surface area (Å²) < 4.78 is 43.3. The van der Waals surface area contributed by atoms with Crippen LogP contribution < -0.4 is 16.0 Å². The highest BCUT2D eigenvalue weighted by molar-refractivity contribution is 7.93. The number of hydrazine groups is 1. The smallest absolute Gasteiger partial charge is 0.274 e. The molecule has 0 aliphatic rings. The fraction of sp³-hybridized carbons (Fsp3) is 0. The minimum Gasteiger partial charge on any atom is -0.323 e. The number of nitrogen functional groups attached to an aromatic ring is 1. The number of anilines is 2. The predicted octanol–water partition coefficient (Wildman–Crippen LogP) is 0.0668. The Labute approximate surface area is 120 Å². The third kappa shape index (κ3) is 3.01. The van der Waals surface area contributed by atoms with Crippen LogP contribution in [0.2, 0.25) is 0 Å². The number of aromatic nitrogens is 3. The number of nitro benzene ring substituents is 1. The van der Waals surface area contributed by atoms with Gasteiger partial charge in [-0.05, 0) is 5.21 Å². The Hall–Kier alpha value is -2.45. The molecule has 0 atom stereocenters. The molecule has 1 heterocycles. The minimum absolute atomic E-state index is 0.198. The summed E-state index contributed by atoms with van der Waals surface area (Å²) >= 11 is 0.627. The second kappa shape index (κ2) is 5.51. The normalized spacial score (nSPS) is 11.1. The molecule has 2 rings (SSSR count). The van der Waals surface area contributed by atoms with Crippen LogP contribution in [0.15, 0.2) is 17.0 Å². The first-order chi connectivity index (χ1) is 9.85. The van der Waals surface area contributed by atoms with E-state index in [1.165, 1.54) is 0 Å². The maximum absolute atomic E-state index is 13.9. The first-order valence-electron chi connectivity index (χ1n) is 4.97. The van der Waals surface area contributed by atoms with Gasteiger partial charge in [-0.15, -0.1) is 0 Å². The highest BCUT2D eigenvalue weighted by atomic mass is 32.2. The summed E-state index contributed by atoms with van der Waals surface area (Å²) in [4.78, 5) is 8.85. The Kier molecular flexibility index (Phi) is 3.92. The Bertz CT molecular complexity index is 779. The first-order valence-corrected chi connectivity index (χ1v) is 7.23. The summed E-state index contributed by atoms with van der Waals surface area (Å²) in [5.74, 6) is 3.74. The largest absolute Gasteiger partial charge is 0.323 e. The van der Waals surface area contributed by atoms with Gasteiger partial charge in [0.1, 0.15) is 4.90 Å². The molecule has 0 spiro atoms. The second-order valence-corrected chi connectivity index (χ2v) is 5.83. The molecule has 21 heavy (non-hydrogen) atoms. The fourth-order valence-corrected chi connectivity index (χ4v) is 3.20. The number of sulfonamides is 1. The monoisotopic (exact) mass is 335 g/mol. The molecule has 112 valence electrons. The summed E-state index contributed by atoms with van der Waals surface area (Å²) in [6.45, 7) is 0.